The molecular formula is C12H17FO2. The second-order valence-electron chi connectivity index (χ2n) is 3.84. The van der Waals surface area contributed by atoms with Gasteiger partial charge in [-0.2, -0.15) is 0 Å². The van der Waals surface area contributed by atoms with E-state index in [0.717, 1.165) is 6.42 Å². The van der Waals surface area contributed by atoms with Gasteiger partial charge in [0.1, 0.15) is 11.6 Å². The average molecular weight is 212 g/mol. The molecule has 0 bridgehead atoms. The SMILES string of the molecule is CCCC(C)(O)c1c(F)cccc1OC. The molecule has 1 aromatic rings. The van der Waals surface area contributed by atoms with Crippen LogP contribution in [0.1, 0.15) is 32.3 Å². The van der Waals surface area contributed by atoms with E-state index in [9.17, 15) is 9.50 Å². The van der Waals surface area contributed by atoms with Gasteiger partial charge in [0.25, 0.3) is 0 Å². The van der Waals surface area contributed by atoms with Crippen molar-refractivity contribution in [2.24, 2.45) is 0 Å². The van der Waals surface area contributed by atoms with Crippen molar-refractivity contribution in [2.75, 3.05) is 7.11 Å². The lowest BCUT2D eigenvalue weighted by atomic mass is 9.90. The average Bonchev–Trinajstić information content (AvgIpc) is 2.16. The standard InChI is InChI=1S/C12H17FO2/c1-4-8-12(2,14)11-9(13)6-5-7-10(11)15-3/h5-7,14H,4,8H2,1-3H3. The molecule has 0 saturated carbocycles. The Morgan fingerprint density at radius 1 is 1.47 bits per heavy atom. The van der Waals surface area contributed by atoms with Crippen LogP contribution in [0.4, 0.5) is 4.39 Å². The number of hydrogen-bond acceptors (Lipinski definition) is 2. The van der Waals surface area contributed by atoms with E-state index in [-0.39, 0.29) is 5.56 Å². The normalized spacial score (nSPS) is 14.7. The van der Waals surface area contributed by atoms with E-state index in [1.807, 2.05) is 6.92 Å². The van der Waals surface area contributed by atoms with E-state index in [4.69, 9.17) is 4.74 Å². The fraction of sp³-hybridized carbons (Fsp3) is 0.500. The predicted octanol–water partition coefficient (Wildman–Crippen LogP) is 2.84. The molecule has 0 aliphatic heterocycles. The molecule has 15 heavy (non-hydrogen) atoms. The van der Waals surface area contributed by atoms with Gasteiger partial charge in [-0.25, -0.2) is 4.39 Å². The maximum atomic E-state index is 13.6. The van der Waals surface area contributed by atoms with Crippen LogP contribution in [0.25, 0.3) is 0 Å². The quantitative estimate of drug-likeness (QED) is 0.831. The molecule has 2 nitrogen and oxygen atoms in total. The van der Waals surface area contributed by atoms with Crippen LogP contribution in [0, 0.1) is 5.82 Å². The van der Waals surface area contributed by atoms with Gasteiger partial charge in [0.2, 0.25) is 0 Å². The van der Waals surface area contributed by atoms with E-state index in [1.54, 1.807) is 19.1 Å². The first-order valence-electron chi connectivity index (χ1n) is 5.08. The minimum Gasteiger partial charge on any atom is -0.496 e. The number of benzene rings is 1. The summed E-state index contributed by atoms with van der Waals surface area (Å²) >= 11 is 0. The monoisotopic (exact) mass is 212 g/mol. The van der Waals surface area contributed by atoms with Crippen LogP contribution in [-0.2, 0) is 5.60 Å². The summed E-state index contributed by atoms with van der Waals surface area (Å²) in [7, 11) is 1.47. The number of halogens is 1. The van der Waals surface area contributed by atoms with Crippen LogP contribution >= 0.6 is 0 Å². The number of rotatable bonds is 4. The van der Waals surface area contributed by atoms with E-state index in [0.29, 0.717) is 12.2 Å². The topological polar surface area (TPSA) is 29.5 Å². The highest BCUT2D eigenvalue weighted by Gasteiger charge is 2.29. The molecule has 0 aliphatic rings. The summed E-state index contributed by atoms with van der Waals surface area (Å²) in [6.07, 6.45) is 1.29. The highest BCUT2D eigenvalue weighted by Crippen LogP contribution is 2.35. The van der Waals surface area contributed by atoms with Gasteiger partial charge in [-0.1, -0.05) is 19.4 Å². The summed E-state index contributed by atoms with van der Waals surface area (Å²) in [5.74, 6) is -0.0266. The third-order valence-electron chi connectivity index (χ3n) is 2.47. The lowest BCUT2D eigenvalue weighted by Crippen LogP contribution is -2.23. The van der Waals surface area contributed by atoms with Gasteiger partial charge in [0.15, 0.2) is 0 Å². The molecule has 0 fully saturated rings. The van der Waals surface area contributed by atoms with Gasteiger partial charge >= 0.3 is 0 Å². The first-order chi connectivity index (χ1) is 7.03. The lowest BCUT2D eigenvalue weighted by Gasteiger charge is -2.25. The zero-order chi connectivity index (χ0) is 11.5. The van der Waals surface area contributed by atoms with Crippen molar-refractivity contribution in [3.8, 4) is 5.75 Å². The van der Waals surface area contributed by atoms with Crippen molar-refractivity contribution in [1.29, 1.82) is 0 Å². The molecule has 0 saturated heterocycles. The lowest BCUT2D eigenvalue weighted by molar-refractivity contribution is 0.0406. The van der Waals surface area contributed by atoms with Crippen LogP contribution < -0.4 is 4.74 Å². The molecular weight excluding hydrogens is 195 g/mol. The fourth-order valence-electron chi connectivity index (χ4n) is 1.81. The Balaban J connectivity index is 3.21. The predicted molar refractivity (Wildman–Crippen MR) is 57.4 cm³/mol. The third kappa shape index (κ3) is 2.48. The van der Waals surface area contributed by atoms with Crippen molar-refractivity contribution in [3.63, 3.8) is 0 Å². The van der Waals surface area contributed by atoms with Crippen LogP contribution in [0.3, 0.4) is 0 Å². The summed E-state index contributed by atoms with van der Waals surface area (Å²) in [5.41, 5.74) is -0.930. The van der Waals surface area contributed by atoms with Crippen molar-refractivity contribution >= 4 is 0 Å². The molecule has 1 atom stereocenters. The second-order valence-corrected chi connectivity index (χ2v) is 3.84. The molecule has 0 radical (unpaired) electrons. The molecule has 0 aliphatic carbocycles. The number of methoxy groups -OCH3 is 1. The molecule has 1 unspecified atom stereocenters. The summed E-state index contributed by atoms with van der Waals surface area (Å²) in [6.45, 7) is 3.55. The summed E-state index contributed by atoms with van der Waals surface area (Å²) in [4.78, 5) is 0. The van der Waals surface area contributed by atoms with E-state index >= 15 is 0 Å². The maximum absolute atomic E-state index is 13.6. The minimum atomic E-state index is -1.18. The Morgan fingerprint density at radius 2 is 2.13 bits per heavy atom. The highest BCUT2D eigenvalue weighted by atomic mass is 19.1. The summed E-state index contributed by atoms with van der Waals surface area (Å²) in [5, 5.41) is 10.2. The molecule has 84 valence electrons. The Bertz CT molecular complexity index is 334. The van der Waals surface area contributed by atoms with Gasteiger partial charge in [0.05, 0.1) is 18.3 Å². The Labute approximate surface area is 89.7 Å². The molecule has 0 aromatic heterocycles. The molecule has 1 N–H and O–H groups in total. The van der Waals surface area contributed by atoms with E-state index < -0.39 is 11.4 Å². The van der Waals surface area contributed by atoms with Gasteiger partial charge in [-0.3, -0.25) is 0 Å². The zero-order valence-electron chi connectivity index (χ0n) is 9.38. The second kappa shape index (κ2) is 4.62. The first-order valence-corrected chi connectivity index (χ1v) is 5.08. The van der Waals surface area contributed by atoms with Gasteiger partial charge in [0, 0.05) is 0 Å². The molecule has 1 rings (SSSR count). The third-order valence-corrected chi connectivity index (χ3v) is 2.47. The fourth-order valence-corrected chi connectivity index (χ4v) is 1.81. The van der Waals surface area contributed by atoms with Crippen molar-refractivity contribution in [2.45, 2.75) is 32.3 Å². The van der Waals surface area contributed by atoms with Gasteiger partial charge in [-0.05, 0) is 25.5 Å². The Kier molecular flexibility index (Phi) is 3.69. The van der Waals surface area contributed by atoms with Crippen molar-refractivity contribution in [1.82, 2.24) is 0 Å². The number of hydrogen-bond donors (Lipinski definition) is 1. The highest BCUT2D eigenvalue weighted by molar-refractivity contribution is 5.38. The molecule has 0 amide bonds. The largest absolute Gasteiger partial charge is 0.496 e. The minimum absolute atomic E-state index is 0.245. The van der Waals surface area contributed by atoms with Crippen molar-refractivity contribution < 1.29 is 14.2 Å². The molecule has 3 heteroatoms. The Morgan fingerprint density at radius 3 is 2.67 bits per heavy atom. The summed E-state index contributed by atoms with van der Waals surface area (Å²) < 4.78 is 18.7. The maximum Gasteiger partial charge on any atom is 0.133 e. The van der Waals surface area contributed by atoms with Crippen LogP contribution in [-0.4, -0.2) is 12.2 Å². The molecule has 0 spiro atoms. The van der Waals surface area contributed by atoms with Crippen LogP contribution in [0.15, 0.2) is 18.2 Å². The van der Waals surface area contributed by atoms with E-state index in [2.05, 4.69) is 0 Å². The number of aliphatic hydroxyl groups is 1. The first kappa shape index (κ1) is 12.0. The van der Waals surface area contributed by atoms with Crippen molar-refractivity contribution in [3.05, 3.63) is 29.6 Å². The number of ether oxygens (including phenoxy) is 1. The Hall–Kier alpha value is -1.09. The van der Waals surface area contributed by atoms with Crippen LogP contribution in [0.2, 0.25) is 0 Å². The molecule has 1 aromatic carbocycles. The van der Waals surface area contributed by atoms with E-state index in [1.165, 1.54) is 13.2 Å². The van der Waals surface area contributed by atoms with Gasteiger partial charge in [-0.15, -0.1) is 0 Å². The van der Waals surface area contributed by atoms with Crippen LogP contribution in [0.5, 0.6) is 5.75 Å². The zero-order valence-corrected chi connectivity index (χ0v) is 9.38. The van der Waals surface area contributed by atoms with Gasteiger partial charge < -0.3 is 9.84 Å². The smallest absolute Gasteiger partial charge is 0.133 e. The summed E-state index contributed by atoms with van der Waals surface area (Å²) in [6, 6.07) is 4.56. The molecule has 0 heterocycles.